The molecule has 1 saturated heterocycles. The Morgan fingerprint density at radius 2 is 2.11 bits per heavy atom. The number of carbonyl (C=O) groups is 1. The standard InChI is InChI=1S/C14H17N3O2/c1-10-5-8-16(9-6-10)13-12(14(18)19)17-7-3-2-4-11(17)15-13/h2-4,7,10H,5-6,8-9H2,1H3,(H,18,19). The fraction of sp³-hybridized carbons (Fsp3) is 0.429. The molecule has 0 bridgehead atoms. The summed E-state index contributed by atoms with van der Waals surface area (Å²) in [5.74, 6) is 0.388. The molecule has 100 valence electrons. The lowest BCUT2D eigenvalue weighted by Crippen LogP contribution is -2.34. The van der Waals surface area contributed by atoms with E-state index in [-0.39, 0.29) is 5.69 Å². The first-order chi connectivity index (χ1) is 9.16. The van der Waals surface area contributed by atoms with E-state index in [2.05, 4.69) is 16.8 Å². The first-order valence-electron chi connectivity index (χ1n) is 6.62. The summed E-state index contributed by atoms with van der Waals surface area (Å²) >= 11 is 0. The maximum Gasteiger partial charge on any atom is 0.356 e. The molecule has 0 aliphatic carbocycles. The van der Waals surface area contributed by atoms with Crippen molar-refractivity contribution < 1.29 is 9.90 Å². The Morgan fingerprint density at radius 1 is 1.37 bits per heavy atom. The van der Waals surface area contributed by atoms with Crippen molar-refractivity contribution in [3.63, 3.8) is 0 Å². The van der Waals surface area contributed by atoms with Crippen molar-refractivity contribution in [3.05, 3.63) is 30.1 Å². The van der Waals surface area contributed by atoms with Gasteiger partial charge in [-0.2, -0.15) is 0 Å². The van der Waals surface area contributed by atoms with Crippen LogP contribution in [0.1, 0.15) is 30.3 Å². The number of aromatic nitrogens is 2. The van der Waals surface area contributed by atoms with Gasteiger partial charge in [-0.15, -0.1) is 0 Å². The van der Waals surface area contributed by atoms with Gasteiger partial charge in [0.05, 0.1) is 0 Å². The number of nitrogens with zero attached hydrogens (tertiary/aromatic N) is 3. The molecule has 1 aliphatic rings. The summed E-state index contributed by atoms with van der Waals surface area (Å²) in [6.07, 6.45) is 3.93. The maximum absolute atomic E-state index is 11.5. The molecule has 0 aromatic carbocycles. The summed E-state index contributed by atoms with van der Waals surface area (Å²) in [5, 5.41) is 9.45. The highest BCUT2D eigenvalue weighted by Gasteiger charge is 2.25. The van der Waals surface area contributed by atoms with Gasteiger partial charge in [-0.05, 0) is 30.9 Å². The average Bonchev–Trinajstić information content (AvgIpc) is 2.78. The Labute approximate surface area is 111 Å². The van der Waals surface area contributed by atoms with Gasteiger partial charge in [0, 0.05) is 19.3 Å². The van der Waals surface area contributed by atoms with Crippen LogP contribution < -0.4 is 4.90 Å². The summed E-state index contributed by atoms with van der Waals surface area (Å²) in [6.45, 7) is 4.00. The predicted octanol–water partition coefficient (Wildman–Crippen LogP) is 2.27. The van der Waals surface area contributed by atoms with Gasteiger partial charge in [-0.25, -0.2) is 9.78 Å². The SMILES string of the molecule is CC1CCN(c2nc3ccccn3c2C(=O)O)CC1. The third kappa shape index (κ3) is 2.05. The number of pyridine rings is 1. The molecule has 0 radical (unpaired) electrons. The predicted molar refractivity (Wildman–Crippen MR) is 72.8 cm³/mol. The molecular weight excluding hydrogens is 242 g/mol. The fourth-order valence-electron chi connectivity index (χ4n) is 2.62. The summed E-state index contributed by atoms with van der Waals surface area (Å²) in [4.78, 5) is 18.1. The van der Waals surface area contributed by atoms with Crippen molar-refractivity contribution in [3.8, 4) is 0 Å². The molecule has 0 spiro atoms. The quantitative estimate of drug-likeness (QED) is 0.898. The molecule has 19 heavy (non-hydrogen) atoms. The van der Waals surface area contributed by atoms with Crippen LogP contribution >= 0.6 is 0 Å². The van der Waals surface area contributed by atoms with Crippen LogP contribution in [0.4, 0.5) is 5.82 Å². The van der Waals surface area contributed by atoms with Gasteiger partial charge in [0.15, 0.2) is 11.5 Å². The Kier molecular flexibility index (Phi) is 2.89. The molecule has 0 amide bonds. The van der Waals surface area contributed by atoms with E-state index in [0.717, 1.165) is 25.9 Å². The van der Waals surface area contributed by atoms with E-state index in [4.69, 9.17) is 0 Å². The highest BCUT2D eigenvalue weighted by Crippen LogP contribution is 2.26. The van der Waals surface area contributed by atoms with Crippen LogP contribution in [-0.4, -0.2) is 33.6 Å². The monoisotopic (exact) mass is 259 g/mol. The number of hydrogen-bond acceptors (Lipinski definition) is 3. The topological polar surface area (TPSA) is 57.8 Å². The van der Waals surface area contributed by atoms with Crippen LogP contribution in [0.3, 0.4) is 0 Å². The number of hydrogen-bond donors (Lipinski definition) is 1. The molecule has 5 heteroatoms. The molecule has 3 rings (SSSR count). The van der Waals surface area contributed by atoms with Crippen molar-refractivity contribution in [2.24, 2.45) is 5.92 Å². The van der Waals surface area contributed by atoms with Crippen molar-refractivity contribution >= 4 is 17.4 Å². The molecule has 1 fully saturated rings. The van der Waals surface area contributed by atoms with Crippen LogP contribution in [0.2, 0.25) is 0 Å². The van der Waals surface area contributed by atoms with Crippen molar-refractivity contribution in [1.29, 1.82) is 0 Å². The van der Waals surface area contributed by atoms with Crippen LogP contribution in [0.25, 0.3) is 5.65 Å². The minimum atomic E-state index is -0.924. The largest absolute Gasteiger partial charge is 0.476 e. The Morgan fingerprint density at radius 3 is 2.79 bits per heavy atom. The normalized spacial score (nSPS) is 17.0. The van der Waals surface area contributed by atoms with Crippen LogP contribution in [0.15, 0.2) is 24.4 Å². The highest BCUT2D eigenvalue weighted by atomic mass is 16.4. The van der Waals surface area contributed by atoms with Crippen LogP contribution in [0.5, 0.6) is 0 Å². The minimum absolute atomic E-state index is 0.269. The van der Waals surface area contributed by atoms with E-state index in [1.807, 2.05) is 18.2 Å². The second-order valence-corrected chi connectivity index (χ2v) is 5.19. The van der Waals surface area contributed by atoms with Crippen LogP contribution in [-0.2, 0) is 0 Å². The average molecular weight is 259 g/mol. The fourth-order valence-corrected chi connectivity index (χ4v) is 2.62. The third-order valence-corrected chi connectivity index (χ3v) is 3.80. The number of piperidine rings is 1. The summed E-state index contributed by atoms with van der Waals surface area (Å²) < 4.78 is 1.65. The molecule has 3 heterocycles. The molecular formula is C14H17N3O2. The van der Waals surface area contributed by atoms with Gasteiger partial charge in [-0.1, -0.05) is 13.0 Å². The lowest BCUT2D eigenvalue weighted by molar-refractivity contribution is 0.0690. The van der Waals surface area contributed by atoms with E-state index in [1.54, 1.807) is 10.6 Å². The van der Waals surface area contributed by atoms with Gasteiger partial charge in [0.2, 0.25) is 0 Å². The van der Waals surface area contributed by atoms with Crippen molar-refractivity contribution in [1.82, 2.24) is 9.38 Å². The lowest BCUT2D eigenvalue weighted by Gasteiger charge is -2.30. The molecule has 1 aliphatic heterocycles. The number of anilines is 1. The van der Waals surface area contributed by atoms with Crippen molar-refractivity contribution in [2.75, 3.05) is 18.0 Å². The van der Waals surface area contributed by atoms with Crippen LogP contribution in [0, 0.1) is 5.92 Å². The number of fused-ring (bicyclic) bond motifs is 1. The number of carboxylic acid groups (broad SMARTS) is 1. The van der Waals surface area contributed by atoms with E-state index in [9.17, 15) is 9.90 Å². The van der Waals surface area contributed by atoms with Crippen molar-refractivity contribution in [2.45, 2.75) is 19.8 Å². The van der Waals surface area contributed by atoms with Gasteiger partial charge < -0.3 is 10.0 Å². The summed E-state index contributed by atoms with van der Waals surface area (Å²) in [5.41, 5.74) is 0.957. The Balaban J connectivity index is 2.07. The number of carboxylic acids is 1. The zero-order valence-electron chi connectivity index (χ0n) is 10.9. The summed E-state index contributed by atoms with van der Waals surface area (Å²) in [6, 6.07) is 5.53. The lowest BCUT2D eigenvalue weighted by atomic mass is 9.99. The van der Waals surface area contributed by atoms with E-state index < -0.39 is 5.97 Å². The molecule has 2 aromatic rings. The first-order valence-corrected chi connectivity index (χ1v) is 6.62. The van der Waals surface area contributed by atoms with E-state index in [0.29, 0.717) is 17.4 Å². The second-order valence-electron chi connectivity index (χ2n) is 5.19. The number of aromatic carboxylic acids is 1. The molecule has 2 aromatic heterocycles. The minimum Gasteiger partial charge on any atom is -0.476 e. The number of imidazole rings is 1. The molecule has 0 saturated carbocycles. The number of rotatable bonds is 2. The zero-order chi connectivity index (χ0) is 13.4. The first kappa shape index (κ1) is 12.0. The molecule has 1 N–H and O–H groups in total. The third-order valence-electron chi connectivity index (χ3n) is 3.80. The molecule has 5 nitrogen and oxygen atoms in total. The molecule has 0 atom stereocenters. The van der Waals surface area contributed by atoms with Gasteiger partial charge in [0.25, 0.3) is 0 Å². The van der Waals surface area contributed by atoms with E-state index in [1.165, 1.54) is 0 Å². The summed E-state index contributed by atoms with van der Waals surface area (Å²) in [7, 11) is 0. The van der Waals surface area contributed by atoms with E-state index >= 15 is 0 Å². The van der Waals surface area contributed by atoms with Gasteiger partial charge >= 0.3 is 5.97 Å². The smallest absolute Gasteiger partial charge is 0.356 e. The zero-order valence-corrected chi connectivity index (χ0v) is 10.9. The Bertz CT molecular complexity index is 612. The van der Waals surface area contributed by atoms with Gasteiger partial charge in [-0.3, -0.25) is 4.40 Å². The maximum atomic E-state index is 11.5. The second kappa shape index (κ2) is 4.57. The van der Waals surface area contributed by atoms with Gasteiger partial charge in [0.1, 0.15) is 5.65 Å². The molecule has 0 unspecified atom stereocenters. The Hall–Kier alpha value is -2.04. The highest BCUT2D eigenvalue weighted by molar-refractivity contribution is 5.93.